The molecule has 1 N–H and O–H groups in total. The predicted octanol–water partition coefficient (Wildman–Crippen LogP) is 0.744. The molecule has 0 bridgehead atoms. The van der Waals surface area contributed by atoms with E-state index in [4.69, 9.17) is 4.52 Å². The van der Waals surface area contributed by atoms with E-state index in [2.05, 4.69) is 34.2 Å². The molecule has 0 spiro atoms. The van der Waals surface area contributed by atoms with Gasteiger partial charge in [-0.15, -0.1) is 0 Å². The third-order valence-corrected chi connectivity index (χ3v) is 7.00. The normalized spacial score (nSPS) is 24.4. The minimum Gasteiger partial charge on any atom is -0.364 e. The maximum Gasteiger partial charge on any atom is 0.220 e. The number of aliphatic imine (C=N–C) groups is 1. The van der Waals surface area contributed by atoms with Crippen LogP contribution in [0.25, 0.3) is 0 Å². The van der Waals surface area contributed by atoms with Crippen molar-refractivity contribution in [3.05, 3.63) is 18.0 Å². The Morgan fingerprint density at radius 3 is 2.60 bits per heavy atom. The molecule has 1 aromatic heterocycles. The van der Waals surface area contributed by atoms with Crippen LogP contribution in [0.15, 0.2) is 21.8 Å². The van der Waals surface area contributed by atoms with Gasteiger partial charge in [-0.2, -0.15) is 4.31 Å². The highest BCUT2D eigenvalue weighted by Crippen LogP contribution is 2.50. The highest BCUT2D eigenvalue weighted by molar-refractivity contribution is 7.88. The van der Waals surface area contributed by atoms with Crippen LogP contribution in [0.3, 0.4) is 0 Å². The van der Waals surface area contributed by atoms with Crippen LogP contribution >= 0.6 is 0 Å². The van der Waals surface area contributed by atoms with Gasteiger partial charge in [0.05, 0.1) is 5.69 Å². The topological polar surface area (TPSA) is 91.0 Å². The summed E-state index contributed by atoms with van der Waals surface area (Å²) in [5.74, 6) is 1.43. The molecule has 1 aliphatic carbocycles. The second-order valence-corrected chi connectivity index (χ2v) is 9.42. The van der Waals surface area contributed by atoms with Crippen molar-refractivity contribution in [2.75, 3.05) is 39.8 Å². The first-order valence-corrected chi connectivity index (χ1v) is 10.3. The molecule has 1 unspecified atom stereocenters. The third kappa shape index (κ3) is 4.33. The molecule has 2 aliphatic rings. The second-order valence-electron chi connectivity index (χ2n) is 7.45. The fourth-order valence-corrected chi connectivity index (χ4v) is 4.66. The Bertz CT molecular complexity index is 706. The average molecular weight is 369 g/mol. The van der Waals surface area contributed by atoms with Gasteiger partial charge in [0.1, 0.15) is 12.0 Å². The third-order valence-electron chi connectivity index (χ3n) is 5.19. The highest BCUT2D eigenvalue weighted by Gasteiger charge is 2.45. The van der Waals surface area contributed by atoms with Gasteiger partial charge in [0.25, 0.3) is 0 Å². The van der Waals surface area contributed by atoms with Crippen LogP contribution in [0, 0.1) is 11.3 Å². The molecule has 9 heteroatoms. The Morgan fingerprint density at radius 1 is 1.40 bits per heavy atom. The number of piperazine rings is 1. The van der Waals surface area contributed by atoms with Gasteiger partial charge in [-0.05, 0) is 17.8 Å². The molecule has 8 nitrogen and oxygen atoms in total. The Labute approximate surface area is 149 Å². The van der Waals surface area contributed by atoms with E-state index in [1.54, 1.807) is 13.1 Å². The highest BCUT2D eigenvalue weighted by atomic mass is 32.2. The van der Waals surface area contributed by atoms with Gasteiger partial charge in [0.15, 0.2) is 5.96 Å². The monoisotopic (exact) mass is 369 g/mol. The Balaban J connectivity index is 1.50. The van der Waals surface area contributed by atoms with Crippen molar-refractivity contribution in [2.24, 2.45) is 16.3 Å². The van der Waals surface area contributed by atoms with Gasteiger partial charge >= 0.3 is 0 Å². The quantitative estimate of drug-likeness (QED) is 0.608. The zero-order valence-electron chi connectivity index (χ0n) is 15.1. The molecule has 0 radical (unpaired) electrons. The number of sulfonamides is 1. The van der Waals surface area contributed by atoms with Crippen LogP contribution in [0.1, 0.15) is 26.0 Å². The van der Waals surface area contributed by atoms with E-state index in [-0.39, 0.29) is 5.75 Å². The molecule has 3 rings (SSSR count). The van der Waals surface area contributed by atoms with Crippen molar-refractivity contribution in [1.29, 1.82) is 0 Å². The number of hydrogen-bond donors (Lipinski definition) is 1. The molecule has 1 saturated carbocycles. The molecular formula is C16H27N5O3S. The van der Waals surface area contributed by atoms with Gasteiger partial charge < -0.3 is 14.7 Å². The lowest BCUT2D eigenvalue weighted by atomic mass is 10.1. The van der Waals surface area contributed by atoms with E-state index in [9.17, 15) is 8.42 Å². The summed E-state index contributed by atoms with van der Waals surface area (Å²) in [5.41, 5.74) is 0.867. The van der Waals surface area contributed by atoms with Crippen LogP contribution in [0.2, 0.25) is 0 Å². The van der Waals surface area contributed by atoms with Crippen LogP contribution in [-0.2, 0) is 15.8 Å². The molecule has 1 aliphatic heterocycles. The lowest BCUT2D eigenvalue weighted by Gasteiger charge is -2.35. The van der Waals surface area contributed by atoms with Crippen molar-refractivity contribution in [3.8, 4) is 0 Å². The van der Waals surface area contributed by atoms with Crippen LogP contribution < -0.4 is 5.32 Å². The van der Waals surface area contributed by atoms with E-state index in [1.165, 1.54) is 17.0 Å². The zero-order chi connectivity index (χ0) is 18.1. The SMILES string of the molecule is CN=C(NCC1CC1(C)C)N1CCN(S(=O)(=O)Cc2ccon2)CC1. The summed E-state index contributed by atoms with van der Waals surface area (Å²) in [6.07, 6.45) is 2.63. The first kappa shape index (κ1) is 18.2. The van der Waals surface area contributed by atoms with E-state index < -0.39 is 10.0 Å². The minimum absolute atomic E-state index is 0.118. The molecule has 140 valence electrons. The number of nitrogens with zero attached hydrogens (tertiary/aromatic N) is 4. The Kier molecular flexibility index (Phi) is 5.06. The van der Waals surface area contributed by atoms with Crippen molar-refractivity contribution in [2.45, 2.75) is 26.0 Å². The summed E-state index contributed by atoms with van der Waals surface area (Å²) in [6, 6.07) is 1.58. The van der Waals surface area contributed by atoms with Crippen LogP contribution in [-0.4, -0.2) is 68.5 Å². The van der Waals surface area contributed by atoms with Gasteiger partial charge in [0.2, 0.25) is 10.0 Å². The fraction of sp³-hybridized carbons (Fsp3) is 0.750. The molecule has 1 aromatic rings. The Morgan fingerprint density at radius 2 is 2.08 bits per heavy atom. The van der Waals surface area contributed by atoms with Gasteiger partial charge in [-0.3, -0.25) is 4.99 Å². The number of nitrogens with one attached hydrogen (secondary N) is 1. The summed E-state index contributed by atoms with van der Waals surface area (Å²) < 4.78 is 31.2. The Hall–Kier alpha value is -1.61. The van der Waals surface area contributed by atoms with Gasteiger partial charge in [-0.1, -0.05) is 19.0 Å². The molecule has 1 saturated heterocycles. The lowest BCUT2D eigenvalue weighted by molar-refractivity contribution is 0.259. The van der Waals surface area contributed by atoms with Crippen molar-refractivity contribution in [1.82, 2.24) is 19.7 Å². The first-order chi connectivity index (χ1) is 11.8. The average Bonchev–Trinajstić information content (AvgIpc) is 2.95. The molecule has 2 heterocycles. The van der Waals surface area contributed by atoms with Gasteiger partial charge in [-0.25, -0.2) is 8.42 Å². The summed E-state index contributed by atoms with van der Waals surface area (Å²) >= 11 is 0. The van der Waals surface area contributed by atoms with Crippen LogP contribution in [0.4, 0.5) is 0 Å². The first-order valence-electron chi connectivity index (χ1n) is 8.64. The van der Waals surface area contributed by atoms with Crippen molar-refractivity contribution in [3.63, 3.8) is 0 Å². The summed E-state index contributed by atoms with van der Waals surface area (Å²) in [7, 11) is -1.60. The summed E-state index contributed by atoms with van der Waals surface area (Å²) in [5, 5.41) is 7.12. The standard InChI is InChI=1S/C16H27N5O3S/c1-16(2)10-13(16)11-18-15(17-3)20-5-7-21(8-6-20)25(22,23)12-14-4-9-24-19-14/h4,9,13H,5-8,10-12H2,1-3H3,(H,17,18). The smallest absolute Gasteiger partial charge is 0.220 e. The number of rotatable bonds is 5. The lowest BCUT2D eigenvalue weighted by Crippen LogP contribution is -2.54. The summed E-state index contributed by atoms with van der Waals surface area (Å²) in [6.45, 7) is 7.65. The van der Waals surface area contributed by atoms with E-state index >= 15 is 0 Å². The van der Waals surface area contributed by atoms with Crippen molar-refractivity contribution >= 4 is 16.0 Å². The fourth-order valence-electron chi connectivity index (χ4n) is 3.24. The molecule has 2 fully saturated rings. The van der Waals surface area contributed by atoms with Crippen molar-refractivity contribution < 1.29 is 12.9 Å². The molecule has 0 aromatic carbocycles. The van der Waals surface area contributed by atoms with Gasteiger partial charge in [0, 0.05) is 45.8 Å². The largest absolute Gasteiger partial charge is 0.364 e. The molecule has 0 amide bonds. The maximum atomic E-state index is 12.5. The maximum absolute atomic E-state index is 12.5. The van der Waals surface area contributed by atoms with E-state index in [0.717, 1.165) is 12.5 Å². The predicted molar refractivity (Wildman–Crippen MR) is 95.5 cm³/mol. The molecule has 1 atom stereocenters. The summed E-state index contributed by atoms with van der Waals surface area (Å²) in [4.78, 5) is 6.47. The van der Waals surface area contributed by atoms with E-state index in [1.807, 2.05) is 0 Å². The number of hydrogen-bond acceptors (Lipinski definition) is 5. The molecule has 25 heavy (non-hydrogen) atoms. The molecular weight excluding hydrogens is 342 g/mol. The van der Waals surface area contributed by atoms with Crippen LogP contribution in [0.5, 0.6) is 0 Å². The number of aromatic nitrogens is 1. The minimum atomic E-state index is -3.37. The second kappa shape index (κ2) is 6.95. The number of guanidine groups is 1. The zero-order valence-corrected chi connectivity index (χ0v) is 15.9. The van der Waals surface area contributed by atoms with E-state index in [0.29, 0.717) is 43.2 Å².